The molecule has 0 radical (unpaired) electrons. The van der Waals surface area contributed by atoms with Gasteiger partial charge in [-0.25, -0.2) is 0 Å². The zero-order valence-electron chi connectivity index (χ0n) is 17.3. The Morgan fingerprint density at radius 2 is 1.52 bits per heavy atom. The number of carbonyl (C=O) groups excluding carboxylic acids is 1. The summed E-state index contributed by atoms with van der Waals surface area (Å²) in [4.78, 5) is 15.7. The Labute approximate surface area is 166 Å². The maximum atomic E-state index is 11.7. The molecule has 1 aromatic rings. The van der Waals surface area contributed by atoms with Crippen molar-refractivity contribution in [1.82, 2.24) is 4.98 Å². The normalized spacial score (nSPS) is 11.1. The SMILES string of the molecule is C/C=C\CCCCCCCCCCCCCCC(=O)OCc1cccnc1. The van der Waals surface area contributed by atoms with Crippen LogP contribution in [0.4, 0.5) is 0 Å². The Balaban J connectivity index is 1.78. The maximum Gasteiger partial charge on any atom is 0.306 e. The largest absolute Gasteiger partial charge is 0.461 e. The maximum absolute atomic E-state index is 11.7. The predicted molar refractivity (Wildman–Crippen MR) is 113 cm³/mol. The molecule has 1 rings (SSSR count). The van der Waals surface area contributed by atoms with Crippen molar-refractivity contribution in [2.75, 3.05) is 0 Å². The molecular formula is C24H39NO2. The Kier molecular flexibility index (Phi) is 15.4. The van der Waals surface area contributed by atoms with Gasteiger partial charge in [-0.1, -0.05) is 82.4 Å². The molecule has 27 heavy (non-hydrogen) atoms. The number of esters is 1. The lowest BCUT2D eigenvalue weighted by Crippen LogP contribution is -2.04. The topological polar surface area (TPSA) is 39.2 Å². The third-order valence-electron chi connectivity index (χ3n) is 4.86. The van der Waals surface area contributed by atoms with Crippen molar-refractivity contribution in [2.45, 2.75) is 103 Å². The molecular weight excluding hydrogens is 334 g/mol. The molecule has 1 aromatic heterocycles. The minimum atomic E-state index is -0.0930. The number of unbranched alkanes of at least 4 members (excludes halogenated alkanes) is 12. The van der Waals surface area contributed by atoms with Gasteiger partial charge >= 0.3 is 5.97 Å². The minimum absolute atomic E-state index is 0.0930. The third kappa shape index (κ3) is 15.1. The summed E-state index contributed by atoms with van der Waals surface area (Å²) < 4.78 is 5.26. The molecule has 0 saturated carbocycles. The van der Waals surface area contributed by atoms with Gasteiger partial charge in [0.15, 0.2) is 0 Å². The fourth-order valence-corrected chi connectivity index (χ4v) is 3.19. The van der Waals surface area contributed by atoms with E-state index in [9.17, 15) is 4.79 Å². The number of nitrogens with zero attached hydrogens (tertiary/aromatic N) is 1. The Morgan fingerprint density at radius 1 is 0.926 bits per heavy atom. The van der Waals surface area contributed by atoms with Crippen LogP contribution in [0.25, 0.3) is 0 Å². The van der Waals surface area contributed by atoms with E-state index < -0.39 is 0 Å². The summed E-state index contributed by atoms with van der Waals surface area (Å²) in [5, 5.41) is 0. The molecule has 0 unspecified atom stereocenters. The number of rotatable bonds is 17. The second kappa shape index (κ2) is 17.8. The molecule has 1 heterocycles. The van der Waals surface area contributed by atoms with E-state index in [0.29, 0.717) is 13.0 Å². The van der Waals surface area contributed by atoms with E-state index in [2.05, 4.69) is 24.1 Å². The van der Waals surface area contributed by atoms with Gasteiger partial charge < -0.3 is 4.74 Å². The quantitative estimate of drug-likeness (QED) is 0.165. The van der Waals surface area contributed by atoms with Crippen molar-refractivity contribution in [3.8, 4) is 0 Å². The van der Waals surface area contributed by atoms with Gasteiger partial charge in [-0.2, -0.15) is 0 Å². The number of allylic oxidation sites excluding steroid dienone is 2. The van der Waals surface area contributed by atoms with Crippen LogP contribution in [0, 0.1) is 0 Å². The molecule has 0 aromatic carbocycles. The molecule has 0 bridgehead atoms. The lowest BCUT2D eigenvalue weighted by molar-refractivity contribution is -0.145. The van der Waals surface area contributed by atoms with Crippen molar-refractivity contribution in [3.05, 3.63) is 42.2 Å². The molecule has 0 aliphatic carbocycles. The standard InChI is InChI=1S/C24H39NO2/c1-2-3-4-5-6-7-8-9-10-11-12-13-14-15-16-19-24(26)27-22-23-18-17-20-25-21-23/h2-3,17-18,20-21H,4-16,19,22H2,1H3/b3-2-. The second-order valence-corrected chi connectivity index (χ2v) is 7.37. The van der Waals surface area contributed by atoms with Gasteiger partial charge in [0, 0.05) is 24.4 Å². The zero-order chi connectivity index (χ0) is 19.4. The predicted octanol–water partition coefficient (Wildman–Crippen LogP) is 7.16. The highest BCUT2D eigenvalue weighted by atomic mass is 16.5. The van der Waals surface area contributed by atoms with E-state index in [4.69, 9.17) is 4.74 Å². The van der Waals surface area contributed by atoms with Crippen LogP contribution >= 0.6 is 0 Å². The fourth-order valence-electron chi connectivity index (χ4n) is 3.19. The number of hydrogen-bond acceptors (Lipinski definition) is 3. The van der Waals surface area contributed by atoms with Gasteiger partial charge in [0.25, 0.3) is 0 Å². The van der Waals surface area contributed by atoms with Gasteiger partial charge in [-0.15, -0.1) is 0 Å². The minimum Gasteiger partial charge on any atom is -0.461 e. The first kappa shape index (κ1) is 23.4. The molecule has 0 spiro atoms. The van der Waals surface area contributed by atoms with Gasteiger partial charge in [0.05, 0.1) is 0 Å². The summed E-state index contributed by atoms with van der Waals surface area (Å²) in [5.41, 5.74) is 0.944. The van der Waals surface area contributed by atoms with Crippen molar-refractivity contribution in [3.63, 3.8) is 0 Å². The first-order valence-corrected chi connectivity index (χ1v) is 11.0. The van der Waals surface area contributed by atoms with E-state index in [1.807, 2.05) is 12.1 Å². The molecule has 0 fully saturated rings. The van der Waals surface area contributed by atoms with Gasteiger partial charge in [-0.3, -0.25) is 9.78 Å². The highest BCUT2D eigenvalue weighted by Crippen LogP contribution is 2.13. The van der Waals surface area contributed by atoms with Crippen molar-refractivity contribution in [1.29, 1.82) is 0 Å². The Morgan fingerprint density at radius 3 is 2.07 bits per heavy atom. The molecule has 0 saturated heterocycles. The van der Waals surface area contributed by atoms with Crippen LogP contribution in [-0.2, 0) is 16.1 Å². The first-order chi connectivity index (χ1) is 13.3. The van der Waals surface area contributed by atoms with Crippen LogP contribution in [0.3, 0.4) is 0 Å². The van der Waals surface area contributed by atoms with Gasteiger partial charge in [-0.05, 0) is 32.3 Å². The smallest absolute Gasteiger partial charge is 0.306 e. The lowest BCUT2D eigenvalue weighted by atomic mass is 10.0. The molecule has 3 nitrogen and oxygen atoms in total. The average molecular weight is 374 g/mol. The molecule has 0 aliphatic heterocycles. The molecule has 0 N–H and O–H groups in total. The van der Waals surface area contributed by atoms with Crippen LogP contribution < -0.4 is 0 Å². The monoisotopic (exact) mass is 373 g/mol. The van der Waals surface area contributed by atoms with Crippen molar-refractivity contribution >= 4 is 5.97 Å². The van der Waals surface area contributed by atoms with E-state index >= 15 is 0 Å². The summed E-state index contributed by atoms with van der Waals surface area (Å²) in [5.74, 6) is -0.0930. The molecule has 3 heteroatoms. The molecule has 152 valence electrons. The van der Waals surface area contributed by atoms with E-state index in [-0.39, 0.29) is 5.97 Å². The Bertz CT molecular complexity index is 484. The highest BCUT2D eigenvalue weighted by Gasteiger charge is 2.03. The van der Waals surface area contributed by atoms with Gasteiger partial charge in [0.2, 0.25) is 0 Å². The number of carbonyl (C=O) groups is 1. The van der Waals surface area contributed by atoms with Crippen LogP contribution in [0.1, 0.15) is 102 Å². The fraction of sp³-hybridized carbons (Fsp3) is 0.667. The van der Waals surface area contributed by atoms with Crippen LogP contribution in [0.5, 0.6) is 0 Å². The lowest BCUT2D eigenvalue weighted by Gasteiger charge is -2.05. The van der Waals surface area contributed by atoms with Crippen molar-refractivity contribution in [2.24, 2.45) is 0 Å². The summed E-state index contributed by atoms with van der Waals surface area (Å²) in [7, 11) is 0. The summed E-state index contributed by atoms with van der Waals surface area (Å²) in [6.07, 6.45) is 25.3. The van der Waals surface area contributed by atoms with E-state index in [0.717, 1.165) is 18.4 Å². The second-order valence-electron chi connectivity index (χ2n) is 7.37. The zero-order valence-corrected chi connectivity index (χ0v) is 17.3. The highest BCUT2D eigenvalue weighted by molar-refractivity contribution is 5.69. The summed E-state index contributed by atoms with van der Waals surface area (Å²) >= 11 is 0. The summed E-state index contributed by atoms with van der Waals surface area (Å²) in [6, 6.07) is 3.78. The third-order valence-corrected chi connectivity index (χ3v) is 4.86. The molecule has 0 atom stereocenters. The number of aromatic nitrogens is 1. The Hall–Kier alpha value is -1.64. The van der Waals surface area contributed by atoms with Gasteiger partial charge in [0.1, 0.15) is 6.61 Å². The van der Waals surface area contributed by atoms with E-state index in [1.54, 1.807) is 12.4 Å². The summed E-state index contributed by atoms with van der Waals surface area (Å²) in [6.45, 7) is 2.43. The van der Waals surface area contributed by atoms with Crippen molar-refractivity contribution < 1.29 is 9.53 Å². The number of pyridine rings is 1. The van der Waals surface area contributed by atoms with Crippen LogP contribution in [0.15, 0.2) is 36.7 Å². The van der Waals surface area contributed by atoms with E-state index in [1.165, 1.54) is 70.6 Å². The van der Waals surface area contributed by atoms with Crippen LogP contribution in [-0.4, -0.2) is 11.0 Å². The average Bonchev–Trinajstić information content (AvgIpc) is 2.70. The molecule has 0 amide bonds. The van der Waals surface area contributed by atoms with Crippen LogP contribution in [0.2, 0.25) is 0 Å². The first-order valence-electron chi connectivity index (χ1n) is 11.0. The molecule has 0 aliphatic rings. The number of hydrogen-bond donors (Lipinski definition) is 0. The number of ether oxygens (including phenoxy) is 1.